The average molecular weight is 337 g/mol. The third-order valence-electron chi connectivity index (χ3n) is 3.65. The van der Waals surface area contributed by atoms with E-state index in [2.05, 4.69) is 24.3 Å². The predicted molar refractivity (Wildman–Crippen MR) is 96.5 cm³/mol. The van der Waals surface area contributed by atoms with Gasteiger partial charge in [0.05, 0.1) is 5.69 Å². The summed E-state index contributed by atoms with van der Waals surface area (Å²) in [5.41, 5.74) is 4.36. The molecule has 6 heteroatoms. The summed E-state index contributed by atoms with van der Waals surface area (Å²) in [6.07, 6.45) is 0. The van der Waals surface area contributed by atoms with Crippen molar-refractivity contribution in [2.75, 3.05) is 12.4 Å². The molecule has 0 fully saturated rings. The van der Waals surface area contributed by atoms with Crippen molar-refractivity contribution in [2.24, 2.45) is 0 Å². The van der Waals surface area contributed by atoms with E-state index in [9.17, 15) is 0 Å². The Morgan fingerprint density at radius 2 is 2.14 bits per heavy atom. The van der Waals surface area contributed by atoms with E-state index < -0.39 is 0 Å². The fourth-order valence-corrected chi connectivity index (χ4v) is 2.74. The molecule has 0 saturated heterocycles. The Bertz CT molecular complexity index is 681. The molecule has 0 spiro atoms. The van der Waals surface area contributed by atoms with E-state index >= 15 is 0 Å². The topological polar surface area (TPSA) is 33.1 Å². The van der Waals surface area contributed by atoms with Crippen molar-refractivity contribution in [1.29, 1.82) is 0 Å². The Hall–Kier alpha value is -1.59. The number of nitrogens with zero attached hydrogens (tertiary/aromatic N) is 3. The van der Waals surface area contributed by atoms with E-state index in [0.29, 0.717) is 10.1 Å². The van der Waals surface area contributed by atoms with Crippen LogP contribution in [0.5, 0.6) is 0 Å². The molecule has 0 bridgehead atoms. The third kappa shape index (κ3) is 3.78. The maximum absolute atomic E-state index is 5.99. The number of halogens is 1. The average Bonchev–Trinajstić information content (AvgIpc) is 2.74. The normalized spacial score (nSPS) is 10.6. The molecule has 4 nitrogen and oxygen atoms in total. The van der Waals surface area contributed by atoms with Gasteiger partial charge < -0.3 is 10.2 Å². The van der Waals surface area contributed by atoms with Crippen LogP contribution in [-0.2, 0) is 13.1 Å². The van der Waals surface area contributed by atoms with E-state index in [-0.39, 0.29) is 0 Å². The molecule has 1 aromatic heterocycles. The molecule has 0 saturated carbocycles. The Kier molecular flexibility index (Phi) is 5.42. The molecule has 0 unspecified atom stereocenters. The summed E-state index contributed by atoms with van der Waals surface area (Å²) in [4.78, 5) is 2.01. The minimum Gasteiger partial charge on any atom is -0.348 e. The number of anilines is 1. The van der Waals surface area contributed by atoms with E-state index in [0.717, 1.165) is 24.5 Å². The van der Waals surface area contributed by atoms with Crippen LogP contribution in [0.15, 0.2) is 24.3 Å². The first-order valence-electron chi connectivity index (χ1n) is 7.23. The van der Waals surface area contributed by atoms with E-state index in [1.54, 1.807) is 0 Å². The standard InChI is InChI=1S/C16H21ClN4S/c1-5-21-12(3)15(11(2)19-21)10-20(4)16(22)18-14-8-6-7-13(17)9-14/h6-9H,5,10H2,1-4H3,(H,18,22). The number of nitrogens with one attached hydrogen (secondary N) is 1. The second-order valence-electron chi connectivity index (χ2n) is 5.26. The Labute approximate surface area is 142 Å². The van der Waals surface area contributed by atoms with Crippen LogP contribution in [0.3, 0.4) is 0 Å². The molecular formula is C16H21ClN4S. The van der Waals surface area contributed by atoms with Gasteiger partial charge in [0, 0.05) is 42.1 Å². The molecule has 0 atom stereocenters. The van der Waals surface area contributed by atoms with Crippen LogP contribution in [-0.4, -0.2) is 26.8 Å². The lowest BCUT2D eigenvalue weighted by Gasteiger charge is -2.21. The number of aryl methyl sites for hydroxylation is 2. The van der Waals surface area contributed by atoms with Crippen molar-refractivity contribution >= 4 is 34.6 Å². The highest BCUT2D eigenvalue weighted by atomic mass is 35.5. The SMILES string of the molecule is CCn1nc(C)c(CN(C)C(=S)Nc2cccc(Cl)c2)c1C. The van der Waals surface area contributed by atoms with Crippen LogP contribution in [0, 0.1) is 13.8 Å². The Morgan fingerprint density at radius 1 is 1.41 bits per heavy atom. The second kappa shape index (κ2) is 7.11. The number of thiocarbonyl (C=S) groups is 1. The number of benzene rings is 1. The van der Waals surface area contributed by atoms with E-state index in [1.807, 2.05) is 47.8 Å². The molecule has 0 amide bonds. The highest BCUT2D eigenvalue weighted by Crippen LogP contribution is 2.18. The zero-order chi connectivity index (χ0) is 16.3. The molecule has 2 aromatic rings. The smallest absolute Gasteiger partial charge is 0.173 e. The van der Waals surface area contributed by atoms with Gasteiger partial charge in [-0.2, -0.15) is 5.10 Å². The van der Waals surface area contributed by atoms with Gasteiger partial charge in [-0.25, -0.2) is 0 Å². The zero-order valence-corrected chi connectivity index (χ0v) is 14.9. The first-order valence-corrected chi connectivity index (χ1v) is 8.01. The minimum atomic E-state index is 0.658. The van der Waals surface area contributed by atoms with Gasteiger partial charge in [-0.3, -0.25) is 4.68 Å². The summed E-state index contributed by atoms with van der Waals surface area (Å²) in [5, 5.41) is 9.10. The summed E-state index contributed by atoms with van der Waals surface area (Å²) in [6.45, 7) is 7.83. The summed E-state index contributed by atoms with van der Waals surface area (Å²) in [6, 6.07) is 7.53. The van der Waals surface area contributed by atoms with Crippen LogP contribution in [0.25, 0.3) is 0 Å². The fraction of sp³-hybridized carbons (Fsp3) is 0.375. The third-order valence-corrected chi connectivity index (χ3v) is 4.30. The van der Waals surface area contributed by atoms with Gasteiger partial charge in [0.2, 0.25) is 0 Å². The van der Waals surface area contributed by atoms with Crippen LogP contribution < -0.4 is 5.32 Å². The molecule has 118 valence electrons. The molecule has 0 aliphatic rings. The second-order valence-corrected chi connectivity index (χ2v) is 6.08. The van der Waals surface area contributed by atoms with Crippen LogP contribution in [0.2, 0.25) is 5.02 Å². The number of hydrogen-bond donors (Lipinski definition) is 1. The van der Waals surface area contributed by atoms with Crippen molar-refractivity contribution in [2.45, 2.75) is 33.9 Å². The number of rotatable bonds is 4. The number of hydrogen-bond acceptors (Lipinski definition) is 2. The van der Waals surface area contributed by atoms with Gasteiger partial charge in [0.15, 0.2) is 5.11 Å². The van der Waals surface area contributed by atoms with Gasteiger partial charge in [-0.15, -0.1) is 0 Å². The molecule has 0 aliphatic carbocycles. The summed E-state index contributed by atoms with van der Waals surface area (Å²) in [5.74, 6) is 0. The van der Waals surface area contributed by atoms with Crippen molar-refractivity contribution in [3.63, 3.8) is 0 Å². The molecule has 1 aromatic carbocycles. The van der Waals surface area contributed by atoms with Gasteiger partial charge in [-0.1, -0.05) is 17.7 Å². The highest BCUT2D eigenvalue weighted by Gasteiger charge is 2.14. The minimum absolute atomic E-state index is 0.658. The fourth-order valence-electron chi connectivity index (χ4n) is 2.36. The quantitative estimate of drug-likeness (QED) is 0.855. The predicted octanol–water partition coefficient (Wildman–Crippen LogP) is 4.00. The largest absolute Gasteiger partial charge is 0.348 e. The monoisotopic (exact) mass is 336 g/mol. The lowest BCUT2D eigenvalue weighted by atomic mass is 10.2. The van der Waals surface area contributed by atoms with Gasteiger partial charge in [0.25, 0.3) is 0 Å². The lowest BCUT2D eigenvalue weighted by molar-refractivity contribution is 0.504. The molecular weight excluding hydrogens is 316 g/mol. The number of aromatic nitrogens is 2. The zero-order valence-electron chi connectivity index (χ0n) is 13.4. The first-order chi connectivity index (χ1) is 10.4. The van der Waals surface area contributed by atoms with Crippen molar-refractivity contribution in [1.82, 2.24) is 14.7 Å². The molecule has 0 radical (unpaired) electrons. The first kappa shape index (κ1) is 16.8. The maximum atomic E-state index is 5.99. The Balaban J connectivity index is 2.07. The molecule has 22 heavy (non-hydrogen) atoms. The van der Waals surface area contributed by atoms with Crippen molar-refractivity contribution in [3.8, 4) is 0 Å². The maximum Gasteiger partial charge on any atom is 0.173 e. The Morgan fingerprint density at radius 3 is 2.73 bits per heavy atom. The van der Waals surface area contributed by atoms with Gasteiger partial charge >= 0.3 is 0 Å². The summed E-state index contributed by atoms with van der Waals surface area (Å²) >= 11 is 11.5. The molecule has 1 N–H and O–H groups in total. The van der Waals surface area contributed by atoms with Crippen molar-refractivity contribution in [3.05, 3.63) is 46.2 Å². The van der Waals surface area contributed by atoms with Crippen LogP contribution in [0.4, 0.5) is 5.69 Å². The van der Waals surface area contributed by atoms with Gasteiger partial charge in [-0.05, 0) is 51.2 Å². The van der Waals surface area contributed by atoms with Crippen LogP contribution >= 0.6 is 23.8 Å². The van der Waals surface area contributed by atoms with E-state index in [1.165, 1.54) is 11.3 Å². The molecule has 1 heterocycles. The van der Waals surface area contributed by atoms with Crippen molar-refractivity contribution < 1.29 is 0 Å². The summed E-state index contributed by atoms with van der Waals surface area (Å²) in [7, 11) is 1.97. The van der Waals surface area contributed by atoms with Gasteiger partial charge in [0.1, 0.15) is 0 Å². The highest BCUT2D eigenvalue weighted by molar-refractivity contribution is 7.80. The molecule has 2 rings (SSSR count). The molecule has 0 aliphatic heterocycles. The van der Waals surface area contributed by atoms with Crippen LogP contribution in [0.1, 0.15) is 23.9 Å². The van der Waals surface area contributed by atoms with E-state index in [4.69, 9.17) is 23.8 Å². The summed E-state index contributed by atoms with van der Waals surface area (Å²) < 4.78 is 2.02. The lowest BCUT2D eigenvalue weighted by Crippen LogP contribution is -2.31.